The Morgan fingerprint density at radius 1 is 1.09 bits per heavy atom. The third-order valence-electron chi connectivity index (χ3n) is 10.1. The van der Waals surface area contributed by atoms with E-state index < -0.39 is 17.8 Å². The number of esters is 1. The molecule has 0 aromatic carbocycles. The second-order valence-corrected chi connectivity index (χ2v) is 14.2. The van der Waals surface area contributed by atoms with Gasteiger partial charge in [-0.2, -0.15) is 0 Å². The maximum absolute atomic E-state index is 13.5. The summed E-state index contributed by atoms with van der Waals surface area (Å²) in [5, 5.41) is 11.6. The summed E-state index contributed by atoms with van der Waals surface area (Å²) in [5.41, 5.74) is 0.615. The van der Waals surface area contributed by atoms with E-state index >= 15 is 0 Å². The fraction of sp³-hybridized carbons (Fsp3) is 0.658. The Hall–Kier alpha value is -2.97. The van der Waals surface area contributed by atoms with Gasteiger partial charge in [-0.1, -0.05) is 76.8 Å². The van der Waals surface area contributed by atoms with Crippen LogP contribution in [0.2, 0.25) is 0 Å². The summed E-state index contributed by atoms with van der Waals surface area (Å²) >= 11 is 0. The van der Waals surface area contributed by atoms with Crippen molar-refractivity contribution in [3.8, 4) is 0 Å². The van der Waals surface area contributed by atoms with Gasteiger partial charge in [0.2, 0.25) is 0 Å². The van der Waals surface area contributed by atoms with Gasteiger partial charge in [0.1, 0.15) is 11.7 Å². The average molecular weight is 636 g/mol. The number of amides is 1. The zero-order valence-corrected chi connectivity index (χ0v) is 28.8. The molecule has 0 unspecified atom stereocenters. The van der Waals surface area contributed by atoms with Crippen molar-refractivity contribution in [2.45, 2.75) is 122 Å². The minimum Gasteiger partial charge on any atom is -0.457 e. The van der Waals surface area contributed by atoms with E-state index in [0.717, 1.165) is 24.4 Å². The van der Waals surface area contributed by atoms with E-state index in [1.165, 1.54) is 38.5 Å². The molecular formula is C38H57N3O5. The number of hydrogen-bond donors (Lipinski definition) is 1. The molecule has 1 N–H and O–H groups in total. The van der Waals surface area contributed by atoms with Crippen molar-refractivity contribution >= 4 is 12.1 Å². The molecule has 2 aliphatic heterocycles. The van der Waals surface area contributed by atoms with E-state index in [9.17, 15) is 14.7 Å². The van der Waals surface area contributed by atoms with Crippen molar-refractivity contribution < 1.29 is 24.2 Å². The lowest BCUT2D eigenvalue weighted by Crippen LogP contribution is -2.53. The van der Waals surface area contributed by atoms with Crippen LogP contribution in [0.15, 0.2) is 60.3 Å². The van der Waals surface area contributed by atoms with Crippen LogP contribution in [0, 0.1) is 11.8 Å². The van der Waals surface area contributed by atoms with E-state index in [2.05, 4.69) is 22.9 Å². The molecule has 8 nitrogen and oxygen atoms in total. The zero-order chi connectivity index (χ0) is 33.1. The topological polar surface area (TPSA) is 92.2 Å². The summed E-state index contributed by atoms with van der Waals surface area (Å²) in [6.45, 7) is 12.8. The van der Waals surface area contributed by atoms with Crippen molar-refractivity contribution in [2.24, 2.45) is 11.8 Å². The van der Waals surface area contributed by atoms with Gasteiger partial charge in [-0.3, -0.25) is 14.7 Å². The van der Waals surface area contributed by atoms with E-state index in [1.807, 2.05) is 57.2 Å². The summed E-state index contributed by atoms with van der Waals surface area (Å²) in [5.74, 6) is -0.311. The first-order chi connectivity index (χ1) is 22.0. The predicted molar refractivity (Wildman–Crippen MR) is 182 cm³/mol. The highest BCUT2D eigenvalue weighted by molar-refractivity contribution is 5.70. The SMILES string of the molecule is C/C(=C\C=C\[C@H](C)c1ccccn1)[C@H]1OC(=O)C[C@H](C)CC[C@@](C)(O)[C@@H](OC(=O)N2CCN(C3CCCCCC3)CC2)/C=C/[C@@H]1C. The van der Waals surface area contributed by atoms with Crippen LogP contribution in [0.3, 0.4) is 0 Å². The molecule has 46 heavy (non-hydrogen) atoms. The second-order valence-electron chi connectivity index (χ2n) is 14.2. The number of carbonyl (C=O) groups excluding carboxylic acids is 2. The molecule has 1 aromatic heterocycles. The van der Waals surface area contributed by atoms with Gasteiger partial charge in [-0.25, -0.2) is 4.79 Å². The number of hydrogen-bond acceptors (Lipinski definition) is 7. The first-order valence-corrected chi connectivity index (χ1v) is 17.6. The lowest BCUT2D eigenvalue weighted by atomic mass is 9.87. The van der Waals surface area contributed by atoms with E-state index in [4.69, 9.17) is 9.47 Å². The van der Waals surface area contributed by atoms with Crippen molar-refractivity contribution in [1.29, 1.82) is 0 Å². The Bertz CT molecular complexity index is 1200. The lowest BCUT2D eigenvalue weighted by molar-refractivity contribution is -0.150. The smallest absolute Gasteiger partial charge is 0.410 e. The Morgan fingerprint density at radius 2 is 1.80 bits per heavy atom. The minimum absolute atomic E-state index is 0.00940. The van der Waals surface area contributed by atoms with Crippen LogP contribution in [0.4, 0.5) is 4.79 Å². The van der Waals surface area contributed by atoms with Gasteiger partial charge < -0.3 is 19.5 Å². The van der Waals surface area contributed by atoms with Gasteiger partial charge in [-0.15, -0.1) is 0 Å². The Morgan fingerprint density at radius 3 is 2.48 bits per heavy atom. The van der Waals surface area contributed by atoms with Gasteiger partial charge in [-0.05, 0) is 69.2 Å². The third-order valence-corrected chi connectivity index (χ3v) is 10.1. The van der Waals surface area contributed by atoms with Crippen LogP contribution in [0.1, 0.15) is 104 Å². The average Bonchev–Trinajstić information content (AvgIpc) is 3.34. The fourth-order valence-electron chi connectivity index (χ4n) is 6.91. The van der Waals surface area contributed by atoms with Crippen molar-refractivity contribution in [1.82, 2.24) is 14.8 Å². The van der Waals surface area contributed by atoms with Gasteiger partial charge >= 0.3 is 12.1 Å². The summed E-state index contributed by atoms with van der Waals surface area (Å²) < 4.78 is 12.1. The number of aromatic nitrogens is 1. The third kappa shape index (κ3) is 10.5. The van der Waals surface area contributed by atoms with Gasteiger partial charge in [0.25, 0.3) is 0 Å². The van der Waals surface area contributed by atoms with Crippen LogP contribution in [-0.2, 0) is 14.3 Å². The van der Waals surface area contributed by atoms with Crippen LogP contribution in [0.25, 0.3) is 0 Å². The summed E-state index contributed by atoms with van der Waals surface area (Å²) in [4.78, 5) is 35.2. The monoisotopic (exact) mass is 635 g/mol. The zero-order valence-electron chi connectivity index (χ0n) is 28.8. The highest BCUT2D eigenvalue weighted by Gasteiger charge is 2.37. The van der Waals surface area contributed by atoms with Crippen molar-refractivity contribution in [3.63, 3.8) is 0 Å². The summed E-state index contributed by atoms with van der Waals surface area (Å²) in [6.07, 6.45) is 18.9. The fourth-order valence-corrected chi connectivity index (χ4v) is 6.91. The van der Waals surface area contributed by atoms with Gasteiger partial charge in [0.05, 0.1) is 0 Å². The molecule has 3 aliphatic rings. The molecule has 1 aliphatic carbocycles. The molecule has 4 rings (SSSR count). The molecule has 0 bridgehead atoms. The molecule has 0 radical (unpaired) electrons. The molecule has 254 valence electrons. The highest BCUT2D eigenvalue weighted by Crippen LogP contribution is 2.29. The predicted octanol–water partition coefficient (Wildman–Crippen LogP) is 7.21. The molecule has 1 saturated heterocycles. The molecule has 1 amide bonds. The van der Waals surface area contributed by atoms with Crippen LogP contribution in [0.5, 0.6) is 0 Å². The Balaban J connectivity index is 1.45. The lowest BCUT2D eigenvalue weighted by Gasteiger charge is -2.40. The van der Waals surface area contributed by atoms with Crippen molar-refractivity contribution in [3.05, 3.63) is 66.0 Å². The van der Waals surface area contributed by atoms with Crippen LogP contribution < -0.4 is 0 Å². The second kappa shape index (κ2) is 17.3. The van der Waals surface area contributed by atoms with Crippen molar-refractivity contribution in [2.75, 3.05) is 26.2 Å². The van der Waals surface area contributed by atoms with Gasteiger partial charge in [0, 0.05) is 62.4 Å². The minimum atomic E-state index is -1.28. The number of aliphatic hydroxyl groups is 1. The number of carbonyl (C=O) groups is 2. The standard InChI is InChI=1S/C38H57N3O5/c1-28-20-21-38(5,44)34(45-37(43)41-25-23-40(24-26-41)32-15-8-6-7-9-16-32)19-18-31(4)36(46-35(42)27-28)30(3)14-12-13-29(2)33-17-10-11-22-39-33/h10-14,17-19,22,28-29,31-32,34,36,44H,6-9,15-16,20-21,23-27H2,1-5H3/b13-12+,19-18+,30-14+/t28-,29+,31+,34+,36-,38-/m1/s1. The molecule has 6 atom stereocenters. The van der Waals surface area contributed by atoms with E-state index in [0.29, 0.717) is 32.0 Å². The Kier molecular flexibility index (Phi) is 13.5. The largest absolute Gasteiger partial charge is 0.457 e. The first kappa shape index (κ1) is 35.9. The Labute approximate surface area is 276 Å². The molecule has 2 fully saturated rings. The number of rotatable bonds is 6. The summed E-state index contributed by atoms with van der Waals surface area (Å²) in [6, 6.07) is 6.51. The summed E-state index contributed by atoms with van der Waals surface area (Å²) in [7, 11) is 0. The molecular weight excluding hydrogens is 578 g/mol. The number of allylic oxidation sites excluding steroid dienone is 3. The number of ether oxygens (including phenoxy) is 2. The maximum atomic E-state index is 13.5. The molecule has 1 aromatic rings. The van der Waals surface area contributed by atoms with E-state index in [-0.39, 0.29) is 36.2 Å². The molecule has 8 heteroatoms. The normalized spacial score (nSPS) is 31.3. The highest BCUT2D eigenvalue weighted by atomic mass is 16.6. The quantitative estimate of drug-likeness (QED) is 0.153. The molecule has 1 saturated carbocycles. The maximum Gasteiger partial charge on any atom is 0.410 e. The number of nitrogens with zero attached hydrogens (tertiary/aromatic N) is 3. The molecule has 0 spiro atoms. The van der Waals surface area contributed by atoms with Gasteiger partial charge in [0.15, 0.2) is 6.10 Å². The van der Waals surface area contributed by atoms with E-state index in [1.54, 1.807) is 24.1 Å². The first-order valence-electron chi connectivity index (χ1n) is 17.6. The number of pyridine rings is 1. The number of cyclic esters (lactones) is 1. The van der Waals surface area contributed by atoms with Crippen LogP contribution in [-0.4, -0.2) is 82.0 Å². The number of piperazine rings is 1. The molecule has 3 heterocycles. The van der Waals surface area contributed by atoms with Crippen LogP contribution >= 0.6 is 0 Å².